The molecule has 6 heteroatoms. The van der Waals surface area contributed by atoms with Crippen molar-refractivity contribution in [2.45, 2.75) is 45.6 Å². The average molecular weight is 483 g/mol. The Balaban J connectivity index is 0.00000261. The number of aryl methyl sites for hydroxylation is 1. The molecule has 3 N–H and O–H groups in total. The second-order valence-electron chi connectivity index (χ2n) is 7.32. The first-order valence-electron chi connectivity index (χ1n) is 9.96. The lowest BCUT2D eigenvalue weighted by Gasteiger charge is -2.32. The van der Waals surface area contributed by atoms with Crippen molar-refractivity contribution in [2.24, 2.45) is 4.99 Å². The molecule has 5 nitrogen and oxygen atoms in total. The maximum absolute atomic E-state index is 4.41. The van der Waals surface area contributed by atoms with Gasteiger partial charge in [-0.05, 0) is 50.3 Å². The summed E-state index contributed by atoms with van der Waals surface area (Å²) in [7, 11) is 1.86. The summed E-state index contributed by atoms with van der Waals surface area (Å²) in [6.45, 7) is 8.90. The van der Waals surface area contributed by atoms with E-state index in [9.17, 15) is 0 Å². The van der Waals surface area contributed by atoms with E-state index in [4.69, 9.17) is 0 Å². The molecule has 0 radical (unpaired) electrons. The molecule has 27 heavy (non-hydrogen) atoms. The lowest BCUT2D eigenvalue weighted by atomic mass is 10.1. The summed E-state index contributed by atoms with van der Waals surface area (Å²) in [5.74, 6) is 0.926. The number of piperidine rings is 1. The molecule has 150 valence electrons. The van der Waals surface area contributed by atoms with Gasteiger partial charge in [0.2, 0.25) is 0 Å². The molecule has 1 fully saturated rings. The van der Waals surface area contributed by atoms with Gasteiger partial charge in [0, 0.05) is 49.8 Å². The molecular formula is C21H34IN5. The van der Waals surface area contributed by atoms with E-state index in [2.05, 4.69) is 63.8 Å². The summed E-state index contributed by atoms with van der Waals surface area (Å²) in [6.07, 6.45) is 6.76. The summed E-state index contributed by atoms with van der Waals surface area (Å²) in [5, 5.41) is 8.41. The van der Waals surface area contributed by atoms with Crippen molar-refractivity contribution in [1.82, 2.24) is 20.5 Å². The fraction of sp³-hybridized carbons (Fsp3) is 0.571. The van der Waals surface area contributed by atoms with Gasteiger partial charge >= 0.3 is 0 Å². The van der Waals surface area contributed by atoms with Crippen molar-refractivity contribution < 1.29 is 0 Å². The molecule has 0 unspecified atom stereocenters. The van der Waals surface area contributed by atoms with Crippen LogP contribution in [-0.4, -0.2) is 55.1 Å². The summed E-state index contributed by atoms with van der Waals surface area (Å²) in [5.41, 5.74) is 3.91. The third-order valence-electron chi connectivity index (χ3n) is 5.39. The number of aromatic nitrogens is 1. The molecule has 0 amide bonds. The predicted molar refractivity (Wildman–Crippen MR) is 126 cm³/mol. The van der Waals surface area contributed by atoms with Crippen LogP contribution in [0.5, 0.6) is 0 Å². The van der Waals surface area contributed by atoms with Crippen LogP contribution in [0.4, 0.5) is 0 Å². The normalized spacial score (nSPS) is 16.3. The predicted octanol–water partition coefficient (Wildman–Crippen LogP) is 3.68. The Morgan fingerprint density at radius 1 is 1.30 bits per heavy atom. The minimum atomic E-state index is 0. The highest BCUT2D eigenvalue weighted by molar-refractivity contribution is 14.0. The Labute approximate surface area is 180 Å². The second-order valence-corrected chi connectivity index (χ2v) is 7.32. The quantitative estimate of drug-likeness (QED) is 0.334. The number of benzene rings is 1. The van der Waals surface area contributed by atoms with E-state index in [-0.39, 0.29) is 24.0 Å². The number of hydrogen-bond donors (Lipinski definition) is 3. The Morgan fingerprint density at radius 3 is 2.78 bits per heavy atom. The molecular weight excluding hydrogens is 449 g/mol. The molecule has 0 aliphatic carbocycles. The smallest absolute Gasteiger partial charge is 0.191 e. The number of aromatic amines is 1. The number of fused-ring (bicyclic) bond motifs is 1. The maximum Gasteiger partial charge on any atom is 0.191 e. The van der Waals surface area contributed by atoms with Crippen LogP contribution in [0, 0.1) is 6.92 Å². The molecule has 2 aromatic rings. The number of rotatable bonds is 6. The molecule has 0 spiro atoms. The van der Waals surface area contributed by atoms with E-state index in [0.29, 0.717) is 6.04 Å². The molecule has 1 aromatic carbocycles. The third-order valence-corrected chi connectivity index (χ3v) is 5.39. The van der Waals surface area contributed by atoms with Crippen LogP contribution in [0.3, 0.4) is 0 Å². The van der Waals surface area contributed by atoms with Gasteiger partial charge in [0.1, 0.15) is 0 Å². The molecule has 2 heterocycles. The average Bonchev–Trinajstić information content (AvgIpc) is 3.07. The molecule has 0 bridgehead atoms. The van der Waals surface area contributed by atoms with E-state index >= 15 is 0 Å². The third kappa shape index (κ3) is 5.85. The number of H-pyrrole nitrogens is 1. The number of likely N-dealkylation sites (tertiary alicyclic amines) is 1. The Kier molecular flexibility index (Phi) is 8.89. The fourth-order valence-electron chi connectivity index (χ4n) is 3.89. The number of nitrogens with zero attached hydrogens (tertiary/aromatic N) is 2. The first-order chi connectivity index (χ1) is 12.7. The van der Waals surface area contributed by atoms with E-state index < -0.39 is 0 Å². The fourth-order valence-corrected chi connectivity index (χ4v) is 3.89. The largest absolute Gasteiger partial charge is 0.361 e. The van der Waals surface area contributed by atoms with Crippen molar-refractivity contribution in [1.29, 1.82) is 0 Å². The monoisotopic (exact) mass is 483 g/mol. The van der Waals surface area contributed by atoms with Crippen LogP contribution in [0.15, 0.2) is 29.4 Å². The van der Waals surface area contributed by atoms with Gasteiger partial charge in [-0.2, -0.15) is 0 Å². The maximum atomic E-state index is 4.41. The lowest BCUT2D eigenvalue weighted by molar-refractivity contribution is 0.206. The summed E-state index contributed by atoms with van der Waals surface area (Å²) in [6, 6.07) is 7.02. The zero-order valence-corrected chi connectivity index (χ0v) is 19.2. The van der Waals surface area contributed by atoms with Crippen LogP contribution in [-0.2, 0) is 6.42 Å². The standard InChI is InChI=1S/C21H33N5.HI/c1-4-12-26-13-9-18(10-14-26)25-21(22-3)23-11-8-17-15-24-20-16(2)6-5-7-19(17)20;/h5-7,15,18,24H,4,8-14H2,1-3H3,(H2,22,23,25);1H. The van der Waals surface area contributed by atoms with Gasteiger partial charge in [0.15, 0.2) is 5.96 Å². The molecule has 1 aromatic heterocycles. The van der Waals surface area contributed by atoms with Gasteiger partial charge in [-0.15, -0.1) is 24.0 Å². The van der Waals surface area contributed by atoms with Gasteiger partial charge in [0.25, 0.3) is 0 Å². The van der Waals surface area contributed by atoms with Crippen LogP contribution in [0.25, 0.3) is 10.9 Å². The van der Waals surface area contributed by atoms with E-state index in [1.165, 1.54) is 60.9 Å². The van der Waals surface area contributed by atoms with Crippen molar-refractivity contribution in [3.8, 4) is 0 Å². The van der Waals surface area contributed by atoms with Crippen molar-refractivity contribution in [2.75, 3.05) is 33.2 Å². The van der Waals surface area contributed by atoms with Crippen LogP contribution >= 0.6 is 24.0 Å². The highest BCUT2D eigenvalue weighted by atomic mass is 127. The Hall–Kier alpha value is -1.28. The van der Waals surface area contributed by atoms with Gasteiger partial charge in [-0.3, -0.25) is 4.99 Å². The number of nitrogens with one attached hydrogen (secondary N) is 3. The van der Waals surface area contributed by atoms with Gasteiger partial charge in [-0.1, -0.05) is 25.1 Å². The van der Waals surface area contributed by atoms with Crippen LogP contribution < -0.4 is 10.6 Å². The number of guanidine groups is 1. The van der Waals surface area contributed by atoms with Crippen molar-refractivity contribution in [3.05, 3.63) is 35.5 Å². The highest BCUT2D eigenvalue weighted by Gasteiger charge is 2.19. The van der Waals surface area contributed by atoms with Crippen LogP contribution in [0.1, 0.15) is 37.3 Å². The van der Waals surface area contributed by atoms with Crippen molar-refractivity contribution >= 4 is 40.8 Å². The molecule has 1 saturated heterocycles. The van der Waals surface area contributed by atoms with E-state index in [0.717, 1.165) is 18.9 Å². The molecule has 1 aliphatic heterocycles. The van der Waals surface area contributed by atoms with Gasteiger partial charge in [-0.25, -0.2) is 0 Å². The second kappa shape index (κ2) is 10.9. The van der Waals surface area contributed by atoms with Crippen LogP contribution in [0.2, 0.25) is 0 Å². The van der Waals surface area contributed by atoms with E-state index in [1.54, 1.807) is 0 Å². The number of hydrogen-bond acceptors (Lipinski definition) is 2. The zero-order chi connectivity index (χ0) is 18.4. The Morgan fingerprint density at radius 2 is 2.07 bits per heavy atom. The highest BCUT2D eigenvalue weighted by Crippen LogP contribution is 2.21. The first-order valence-corrected chi connectivity index (χ1v) is 9.96. The number of para-hydroxylation sites is 1. The SMILES string of the molecule is CCCN1CCC(NC(=NC)NCCc2c[nH]c3c(C)cccc23)CC1.I. The minimum absolute atomic E-state index is 0. The molecule has 1 aliphatic rings. The topological polar surface area (TPSA) is 55.4 Å². The van der Waals surface area contributed by atoms with E-state index in [1.807, 2.05) is 7.05 Å². The minimum Gasteiger partial charge on any atom is -0.361 e. The number of aliphatic imine (C=N–C) groups is 1. The zero-order valence-electron chi connectivity index (χ0n) is 16.8. The van der Waals surface area contributed by atoms with Gasteiger partial charge in [0.05, 0.1) is 0 Å². The summed E-state index contributed by atoms with van der Waals surface area (Å²) >= 11 is 0. The number of halogens is 1. The molecule has 3 rings (SSSR count). The molecule has 0 atom stereocenters. The van der Waals surface area contributed by atoms with Crippen molar-refractivity contribution in [3.63, 3.8) is 0 Å². The van der Waals surface area contributed by atoms with Gasteiger partial charge < -0.3 is 20.5 Å². The Bertz CT molecular complexity index is 731. The lowest BCUT2D eigenvalue weighted by Crippen LogP contribution is -2.49. The first kappa shape index (κ1) is 22.0. The summed E-state index contributed by atoms with van der Waals surface area (Å²) < 4.78 is 0. The summed E-state index contributed by atoms with van der Waals surface area (Å²) in [4.78, 5) is 10.4. The molecule has 0 saturated carbocycles.